The fraction of sp³-hybridized carbons (Fsp3) is 0. The van der Waals surface area contributed by atoms with E-state index in [0.29, 0.717) is 5.02 Å². The van der Waals surface area contributed by atoms with Crippen molar-refractivity contribution in [2.75, 3.05) is 0 Å². The molecule has 0 bridgehead atoms. The average Bonchev–Trinajstić information content (AvgIpc) is 1.69. The summed E-state index contributed by atoms with van der Waals surface area (Å²) >= 11 is 5.33. The zero-order valence-electron chi connectivity index (χ0n) is 3.35. The van der Waals surface area contributed by atoms with Crippen molar-refractivity contribution in [1.82, 2.24) is 10.2 Å². The highest BCUT2D eigenvalue weighted by molar-refractivity contribution is 6.30. The molecule has 0 aliphatic carbocycles. The summed E-state index contributed by atoms with van der Waals surface area (Å²) in [4.78, 5) is 0. The van der Waals surface area contributed by atoms with E-state index in [-0.39, 0.29) is 0 Å². The Labute approximate surface area is 46.1 Å². The van der Waals surface area contributed by atoms with Crippen LogP contribution in [0.25, 0.3) is 0 Å². The lowest BCUT2D eigenvalue weighted by Gasteiger charge is -1.76. The van der Waals surface area contributed by atoms with E-state index in [1.807, 2.05) is 0 Å². The molecule has 0 saturated carbocycles. The monoisotopic (exact) mass is 112 g/mol. The molecule has 34 valence electrons. The zero-order chi connectivity index (χ0) is 5.11. The Bertz CT molecular complexity index is 140. The maximum Gasteiger partial charge on any atom is 0.134 e. The van der Waals surface area contributed by atoms with Crippen LogP contribution < -0.4 is 0 Å². The molecule has 0 N–H and O–H groups in total. The van der Waals surface area contributed by atoms with Crippen molar-refractivity contribution < 1.29 is 0 Å². The van der Waals surface area contributed by atoms with Crippen molar-refractivity contribution in [3.8, 4) is 0 Å². The van der Waals surface area contributed by atoms with Crippen LogP contribution in [-0.2, 0) is 0 Å². The van der Waals surface area contributed by atoms with Crippen LogP contribution in [-0.4, -0.2) is 10.2 Å². The van der Waals surface area contributed by atoms with Gasteiger partial charge in [0.05, 0.1) is 11.2 Å². The largest absolute Gasteiger partial charge is 0.158 e. The number of nitrogens with zero attached hydrogens (tertiary/aromatic N) is 2. The van der Waals surface area contributed by atoms with E-state index in [0.717, 1.165) is 0 Å². The fourth-order valence-electron chi connectivity index (χ4n) is 0.219. The summed E-state index contributed by atoms with van der Waals surface area (Å²) in [7, 11) is 0. The standard InChI is InChI=1S/C4HClN2/c5-4-1-2-6-7-3-4/h2H. The highest BCUT2D eigenvalue weighted by atomic mass is 35.5. The van der Waals surface area contributed by atoms with E-state index >= 15 is 0 Å². The first-order chi connectivity index (χ1) is 3.39. The Morgan fingerprint density at radius 3 is 2.86 bits per heavy atom. The topological polar surface area (TPSA) is 25.8 Å². The molecule has 0 atom stereocenters. The first-order valence-electron chi connectivity index (χ1n) is 1.66. The lowest BCUT2D eigenvalue weighted by molar-refractivity contribution is 1.02. The smallest absolute Gasteiger partial charge is 0.134 e. The van der Waals surface area contributed by atoms with Crippen LogP contribution in [0.1, 0.15) is 0 Å². The summed E-state index contributed by atoms with van der Waals surface area (Å²) in [6, 6.07) is 2.57. The van der Waals surface area contributed by atoms with Crippen LogP contribution in [0.5, 0.6) is 0 Å². The number of rotatable bonds is 0. The number of hydrogen-bond donors (Lipinski definition) is 0. The molecule has 1 aromatic rings. The van der Waals surface area contributed by atoms with E-state index in [1.165, 1.54) is 6.20 Å². The van der Waals surface area contributed by atoms with Gasteiger partial charge in [-0.2, -0.15) is 5.10 Å². The van der Waals surface area contributed by atoms with Crippen LogP contribution in [0.4, 0.5) is 0 Å². The van der Waals surface area contributed by atoms with Gasteiger partial charge >= 0.3 is 0 Å². The molecule has 1 heterocycles. The third kappa shape index (κ3) is 1.12. The fourth-order valence-corrected chi connectivity index (χ4v) is 0.306. The number of aromatic nitrogens is 2. The number of halogens is 1. The molecule has 3 heteroatoms. The van der Waals surface area contributed by atoms with E-state index in [9.17, 15) is 0 Å². The summed E-state index contributed by atoms with van der Waals surface area (Å²) in [6.07, 6.45) is 3.77. The second kappa shape index (κ2) is 1.89. The Morgan fingerprint density at radius 2 is 2.57 bits per heavy atom. The van der Waals surface area contributed by atoms with Gasteiger partial charge in [0.1, 0.15) is 6.20 Å². The van der Waals surface area contributed by atoms with Gasteiger partial charge in [0, 0.05) is 6.07 Å². The van der Waals surface area contributed by atoms with E-state index in [4.69, 9.17) is 11.6 Å². The Balaban J connectivity index is 3.02. The van der Waals surface area contributed by atoms with Gasteiger partial charge in [-0.15, -0.1) is 5.10 Å². The predicted octanol–water partition coefficient (Wildman–Crippen LogP) is 0.730. The normalized spacial score (nSPS) is 8.71. The maximum atomic E-state index is 5.33. The van der Waals surface area contributed by atoms with Crippen molar-refractivity contribution in [3.63, 3.8) is 0 Å². The molecule has 0 aliphatic rings. The summed E-state index contributed by atoms with van der Waals surface area (Å²) in [6.45, 7) is 0. The van der Waals surface area contributed by atoms with E-state index in [2.05, 4.69) is 22.5 Å². The highest BCUT2D eigenvalue weighted by Crippen LogP contribution is 1.97. The molecular formula is C4HClN2. The van der Waals surface area contributed by atoms with Gasteiger partial charge < -0.3 is 0 Å². The molecule has 0 fully saturated rings. The minimum absolute atomic E-state index is 0.370. The van der Waals surface area contributed by atoms with Crippen molar-refractivity contribution in [1.29, 1.82) is 0 Å². The summed E-state index contributed by atoms with van der Waals surface area (Å²) < 4.78 is 0. The van der Waals surface area contributed by atoms with Crippen LogP contribution in [0.2, 0.25) is 5.02 Å². The molecule has 7 heavy (non-hydrogen) atoms. The molecule has 1 rings (SSSR count). The van der Waals surface area contributed by atoms with Crippen LogP contribution in [0.15, 0.2) is 6.20 Å². The third-order valence-corrected chi connectivity index (χ3v) is 0.649. The molecule has 0 amide bonds. The summed E-state index contributed by atoms with van der Waals surface area (Å²) in [5.74, 6) is 0. The maximum absolute atomic E-state index is 5.33. The summed E-state index contributed by atoms with van der Waals surface area (Å²) in [5.41, 5.74) is 0. The van der Waals surface area contributed by atoms with Gasteiger partial charge in [0.15, 0.2) is 0 Å². The van der Waals surface area contributed by atoms with Crippen molar-refractivity contribution >= 4 is 11.6 Å². The first-order valence-corrected chi connectivity index (χ1v) is 2.04. The third-order valence-electron chi connectivity index (χ3n) is 0.455. The second-order valence-corrected chi connectivity index (χ2v) is 1.29. The van der Waals surface area contributed by atoms with Crippen LogP contribution in [0, 0.1) is 12.3 Å². The molecule has 0 saturated heterocycles. The quantitative estimate of drug-likeness (QED) is 0.495. The number of hydrogen-bond acceptors (Lipinski definition) is 2. The summed E-state index contributed by atoms with van der Waals surface area (Å²) in [5, 5.41) is 7.12. The van der Waals surface area contributed by atoms with Crippen molar-refractivity contribution in [2.45, 2.75) is 0 Å². The molecule has 0 spiro atoms. The van der Waals surface area contributed by atoms with E-state index < -0.39 is 0 Å². The Morgan fingerprint density at radius 1 is 1.71 bits per heavy atom. The lowest BCUT2D eigenvalue weighted by Crippen LogP contribution is -1.74. The Kier molecular flexibility index (Phi) is 1.22. The lowest BCUT2D eigenvalue weighted by atomic mass is 10.6. The minimum Gasteiger partial charge on any atom is -0.158 e. The molecule has 0 aromatic carbocycles. The van der Waals surface area contributed by atoms with Gasteiger partial charge in [0.25, 0.3) is 0 Å². The van der Waals surface area contributed by atoms with Crippen LogP contribution in [0.3, 0.4) is 0 Å². The second-order valence-electron chi connectivity index (χ2n) is 0.915. The molecule has 2 nitrogen and oxygen atoms in total. The van der Waals surface area contributed by atoms with Gasteiger partial charge in [-0.25, -0.2) is 0 Å². The SMILES string of the molecule is Clc1[c]cnn[c]1. The average molecular weight is 113 g/mol. The van der Waals surface area contributed by atoms with Gasteiger partial charge in [0.2, 0.25) is 0 Å². The molecule has 1 aromatic heterocycles. The Hall–Kier alpha value is -0.630. The molecular weight excluding hydrogens is 112 g/mol. The van der Waals surface area contributed by atoms with Gasteiger partial charge in [-0.05, 0) is 0 Å². The van der Waals surface area contributed by atoms with Gasteiger partial charge in [-0.3, -0.25) is 0 Å². The highest BCUT2D eigenvalue weighted by Gasteiger charge is 1.80. The van der Waals surface area contributed by atoms with Gasteiger partial charge in [-0.1, -0.05) is 11.6 Å². The zero-order valence-corrected chi connectivity index (χ0v) is 4.11. The van der Waals surface area contributed by atoms with Crippen molar-refractivity contribution in [2.24, 2.45) is 0 Å². The van der Waals surface area contributed by atoms with Crippen molar-refractivity contribution in [3.05, 3.63) is 23.5 Å². The predicted molar refractivity (Wildman–Crippen MR) is 24.7 cm³/mol. The molecule has 2 radical (unpaired) electrons. The molecule has 0 unspecified atom stereocenters. The minimum atomic E-state index is 0.370. The first kappa shape index (κ1) is 4.53. The van der Waals surface area contributed by atoms with E-state index in [1.54, 1.807) is 0 Å². The molecule has 0 aliphatic heterocycles. The van der Waals surface area contributed by atoms with Crippen LogP contribution >= 0.6 is 11.6 Å².